The first kappa shape index (κ1) is 24.8. The summed E-state index contributed by atoms with van der Waals surface area (Å²) in [4.78, 5) is 36.0. The molecular formula is C23H29N3O6. The van der Waals surface area contributed by atoms with Crippen LogP contribution in [0.15, 0.2) is 48.5 Å². The lowest BCUT2D eigenvalue weighted by Gasteiger charge is -2.27. The highest BCUT2D eigenvalue weighted by atomic mass is 16.6. The number of benzene rings is 2. The third kappa shape index (κ3) is 7.66. The molecular weight excluding hydrogens is 414 g/mol. The Hall–Kier alpha value is -3.46. The lowest BCUT2D eigenvalue weighted by Crippen LogP contribution is -2.52. The molecule has 2 atom stereocenters. The highest BCUT2D eigenvalue weighted by Crippen LogP contribution is 2.22. The fraction of sp³-hybridized carbons (Fsp3) is 0.391. The van der Waals surface area contributed by atoms with Crippen LogP contribution in [0.5, 0.6) is 0 Å². The zero-order chi connectivity index (χ0) is 23.9. The smallest absolute Gasteiger partial charge is 0.408 e. The summed E-state index contributed by atoms with van der Waals surface area (Å²) in [6, 6.07) is 12.5. The van der Waals surface area contributed by atoms with Crippen LogP contribution in [-0.2, 0) is 20.9 Å². The van der Waals surface area contributed by atoms with Crippen LogP contribution < -0.4 is 10.6 Å². The topological polar surface area (TPSA) is 120 Å². The second-order valence-electron chi connectivity index (χ2n) is 8.37. The Bertz CT molecular complexity index is 956. The zero-order valence-electron chi connectivity index (χ0n) is 18.9. The van der Waals surface area contributed by atoms with Crippen molar-refractivity contribution in [1.82, 2.24) is 5.32 Å². The highest BCUT2D eigenvalue weighted by molar-refractivity contribution is 5.97. The van der Waals surface area contributed by atoms with E-state index in [0.29, 0.717) is 5.56 Å². The van der Waals surface area contributed by atoms with Gasteiger partial charge < -0.3 is 20.1 Å². The number of nitrogens with zero attached hydrogens (tertiary/aromatic N) is 1. The lowest BCUT2D eigenvalue weighted by molar-refractivity contribution is -0.384. The molecule has 9 heteroatoms. The minimum absolute atomic E-state index is 0.157. The van der Waals surface area contributed by atoms with Crippen molar-refractivity contribution < 1.29 is 24.0 Å². The van der Waals surface area contributed by atoms with Crippen molar-refractivity contribution in [3.63, 3.8) is 0 Å². The normalized spacial score (nSPS) is 13.0. The molecule has 32 heavy (non-hydrogen) atoms. The predicted molar refractivity (Wildman–Crippen MR) is 120 cm³/mol. The number of rotatable bonds is 8. The van der Waals surface area contributed by atoms with E-state index in [1.165, 1.54) is 12.1 Å². The fourth-order valence-electron chi connectivity index (χ4n) is 2.80. The third-order valence-electron chi connectivity index (χ3n) is 4.47. The molecule has 0 saturated carbocycles. The van der Waals surface area contributed by atoms with E-state index < -0.39 is 34.7 Å². The number of nitrogens with one attached hydrogen (secondary N) is 2. The molecule has 0 bridgehead atoms. The van der Waals surface area contributed by atoms with Crippen molar-refractivity contribution in [2.45, 2.75) is 59.0 Å². The number of hydrogen-bond donors (Lipinski definition) is 2. The molecule has 0 aliphatic rings. The van der Waals surface area contributed by atoms with E-state index in [0.717, 1.165) is 5.56 Å². The zero-order valence-corrected chi connectivity index (χ0v) is 18.9. The molecule has 9 nitrogen and oxygen atoms in total. The van der Waals surface area contributed by atoms with Crippen molar-refractivity contribution >= 4 is 23.4 Å². The van der Waals surface area contributed by atoms with E-state index >= 15 is 0 Å². The first-order valence-electron chi connectivity index (χ1n) is 10.2. The number of non-ortho nitro benzene ring substituents is 1. The minimum Gasteiger partial charge on any atom is -0.444 e. The number of carbonyl (C=O) groups excluding carboxylic acids is 2. The van der Waals surface area contributed by atoms with Crippen molar-refractivity contribution in [2.24, 2.45) is 0 Å². The number of hydrogen-bond acceptors (Lipinski definition) is 6. The molecule has 0 aliphatic heterocycles. The van der Waals surface area contributed by atoms with Crippen LogP contribution >= 0.6 is 0 Å². The standard InChI is InChI=1S/C23H29N3O6/c1-15-11-12-18(26(29)30)13-19(15)24-21(27)20(25-22(28)32-23(3,4)5)16(2)31-14-17-9-7-6-8-10-17/h6-13,16,20H,14H2,1-5H3,(H,24,27)(H,25,28)/t16-,20-/m0/s1. The van der Waals surface area contributed by atoms with E-state index in [-0.39, 0.29) is 18.0 Å². The molecule has 0 saturated heterocycles. The average molecular weight is 444 g/mol. The maximum atomic E-state index is 13.1. The largest absolute Gasteiger partial charge is 0.444 e. The Kier molecular flexibility index (Phi) is 8.31. The van der Waals surface area contributed by atoms with Gasteiger partial charge in [-0.3, -0.25) is 14.9 Å². The summed E-state index contributed by atoms with van der Waals surface area (Å²) in [7, 11) is 0. The molecule has 0 aromatic heterocycles. The number of amides is 2. The number of aryl methyl sites for hydroxylation is 1. The van der Waals surface area contributed by atoms with Crippen LogP contribution in [0.1, 0.15) is 38.8 Å². The van der Waals surface area contributed by atoms with Gasteiger partial charge in [-0.15, -0.1) is 0 Å². The quantitative estimate of drug-likeness (QED) is 0.463. The third-order valence-corrected chi connectivity index (χ3v) is 4.47. The summed E-state index contributed by atoms with van der Waals surface area (Å²) in [6.07, 6.45) is -1.50. The van der Waals surface area contributed by atoms with Gasteiger partial charge in [-0.1, -0.05) is 36.4 Å². The maximum Gasteiger partial charge on any atom is 0.408 e. The summed E-state index contributed by atoms with van der Waals surface area (Å²) in [6.45, 7) is 8.74. The molecule has 2 aromatic rings. The number of nitro benzene ring substituents is 1. The molecule has 2 amide bonds. The minimum atomic E-state index is -1.10. The van der Waals surface area contributed by atoms with Gasteiger partial charge in [0.15, 0.2) is 0 Å². The summed E-state index contributed by atoms with van der Waals surface area (Å²) in [5.74, 6) is -0.583. The van der Waals surface area contributed by atoms with Crippen molar-refractivity contribution in [3.05, 3.63) is 69.8 Å². The Morgan fingerprint density at radius 1 is 1.12 bits per heavy atom. The van der Waals surface area contributed by atoms with Crippen molar-refractivity contribution in [3.8, 4) is 0 Å². The van der Waals surface area contributed by atoms with Crippen LogP contribution in [0.25, 0.3) is 0 Å². The van der Waals surface area contributed by atoms with E-state index in [1.807, 2.05) is 30.3 Å². The number of anilines is 1. The van der Waals surface area contributed by atoms with Crippen molar-refractivity contribution in [1.29, 1.82) is 0 Å². The van der Waals surface area contributed by atoms with Crippen molar-refractivity contribution in [2.75, 3.05) is 5.32 Å². The van der Waals surface area contributed by atoms with Gasteiger partial charge in [-0.2, -0.15) is 0 Å². The van der Waals surface area contributed by atoms with Gasteiger partial charge >= 0.3 is 6.09 Å². The van der Waals surface area contributed by atoms with Crippen LogP contribution in [0, 0.1) is 17.0 Å². The first-order valence-corrected chi connectivity index (χ1v) is 10.2. The molecule has 0 fully saturated rings. The van der Waals surface area contributed by atoms with E-state index in [4.69, 9.17) is 9.47 Å². The Balaban J connectivity index is 2.20. The molecule has 0 radical (unpaired) electrons. The Morgan fingerprint density at radius 3 is 2.38 bits per heavy atom. The number of ether oxygens (including phenoxy) is 2. The lowest BCUT2D eigenvalue weighted by atomic mass is 10.1. The predicted octanol–water partition coefficient (Wildman–Crippen LogP) is 4.34. The average Bonchev–Trinajstić information content (AvgIpc) is 2.71. The van der Waals surface area contributed by atoms with Crippen LogP contribution in [0.2, 0.25) is 0 Å². The molecule has 172 valence electrons. The van der Waals surface area contributed by atoms with Crippen LogP contribution in [0.3, 0.4) is 0 Å². The van der Waals surface area contributed by atoms with Gasteiger partial charge in [0, 0.05) is 12.1 Å². The van der Waals surface area contributed by atoms with E-state index in [2.05, 4.69) is 10.6 Å². The maximum absolute atomic E-state index is 13.1. The molecule has 0 aliphatic carbocycles. The van der Waals surface area contributed by atoms with Gasteiger partial charge in [0.2, 0.25) is 5.91 Å². The highest BCUT2D eigenvalue weighted by Gasteiger charge is 2.30. The summed E-state index contributed by atoms with van der Waals surface area (Å²) in [5.41, 5.74) is 0.907. The van der Waals surface area contributed by atoms with E-state index in [1.54, 1.807) is 40.7 Å². The number of nitro groups is 1. The van der Waals surface area contributed by atoms with Gasteiger partial charge in [0.25, 0.3) is 5.69 Å². The molecule has 0 unspecified atom stereocenters. The SMILES string of the molecule is Cc1ccc([N+](=O)[O-])cc1NC(=O)[C@@H](NC(=O)OC(C)(C)C)[C@H](C)OCc1ccccc1. The van der Waals surface area contributed by atoms with Gasteiger partial charge in [0.05, 0.1) is 23.3 Å². The second-order valence-corrected chi connectivity index (χ2v) is 8.37. The van der Waals surface area contributed by atoms with E-state index in [9.17, 15) is 19.7 Å². The van der Waals surface area contributed by atoms with Gasteiger partial charge in [-0.25, -0.2) is 4.79 Å². The Morgan fingerprint density at radius 2 is 1.78 bits per heavy atom. The summed E-state index contributed by atoms with van der Waals surface area (Å²) >= 11 is 0. The molecule has 2 N–H and O–H groups in total. The Labute approximate surface area is 187 Å². The second kappa shape index (κ2) is 10.7. The number of alkyl carbamates (subject to hydrolysis) is 1. The molecule has 2 rings (SSSR count). The van der Waals surface area contributed by atoms with Crippen LogP contribution in [-0.4, -0.2) is 34.7 Å². The number of carbonyl (C=O) groups is 2. The monoisotopic (exact) mass is 443 g/mol. The van der Waals surface area contributed by atoms with Crippen LogP contribution in [0.4, 0.5) is 16.2 Å². The molecule has 0 heterocycles. The van der Waals surface area contributed by atoms with Gasteiger partial charge in [-0.05, 0) is 45.7 Å². The molecule has 0 spiro atoms. The van der Waals surface area contributed by atoms with Gasteiger partial charge in [0.1, 0.15) is 11.6 Å². The fourth-order valence-corrected chi connectivity index (χ4v) is 2.80. The summed E-state index contributed by atoms with van der Waals surface area (Å²) in [5, 5.41) is 16.3. The first-order chi connectivity index (χ1) is 15.0. The molecule has 2 aromatic carbocycles. The summed E-state index contributed by atoms with van der Waals surface area (Å²) < 4.78 is 11.1.